The van der Waals surface area contributed by atoms with E-state index in [4.69, 9.17) is 4.74 Å². The second kappa shape index (κ2) is 8.12. The Bertz CT molecular complexity index is 141. The second-order valence-electron chi connectivity index (χ2n) is 5.06. The summed E-state index contributed by atoms with van der Waals surface area (Å²) in [6.45, 7) is 7.86. The van der Waals surface area contributed by atoms with E-state index in [1.54, 1.807) is 0 Å². The molecule has 1 atom stereocenters. The van der Waals surface area contributed by atoms with E-state index in [0.717, 1.165) is 19.1 Å². The van der Waals surface area contributed by atoms with Crippen LogP contribution >= 0.6 is 0 Å². The molecule has 0 amide bonds. The molecule has 15 heavy (non-hydrogen) atoms. The molecule has 1 aliphatic heterocycles. The third-order valence-electron chi connectivity index (χ3n) is 3.05. The Balaban J connectivity index is 1.83. The van der Waals surface area contributed by atoms with Crippen molar-refractivity contribution in [1.82, 2.24) is 5.32 Å². The normalized spacial score (nSPS) is 22.2. The molecule has 2 nitrogen and oxygen atoms in total. The number of ether oxygens (including phenoxy) is 1. The molecule has 1 aliphatic rings. The summed E-state index contributed by atoms with van der Waals surface area (Å²) < 4.78 is 5.68. The van der Waals surface area contributed by atoms with Crippen LogP contribution in [0.2, 0.25) is 0 Å². The van der Waals surface area contributed by atoms with Gasteiger partial charge in [0, 0.05) is 6.61 Å². The van der Waals surface area contributed by atoms with Crippen LogP contribution in [0.25, 0.3) is 0 Å². The van der Waals surface area contributed by atoms with Crippen LogP contribution in [0.1, 0.15) is 52.4 Å². The first-order valence-electron chi connectivity index (χ1n) is 6.61. The molecule has 1 saturated heterocycles. The molecule has 1 heterocycles. The monoisotopic (exact) mass is 213 g/mol. The molecule has 1 fully saturated rings. The first-order chi connectivity index (χ1) is 7.29. The summed E-state index contributed by atoms with van der Waals surface area (Å²) in [7, 11) is 0. The molecule has 0 aromatic rings. The van der Waals surface area contributed by atoms with Gasteiger partial charge in [-0.3, -0.25) is 0 Å². The fourth-order valence-corrected chi connectivity index (χ4v) is 2.06. The maximum atomic E-state index is 5.68. The van der Waals surface area contributed by atoms with Crippen LogP contribution in [0.5, 0.6) is 0 Å². The van der Waals surface area contributed by atoms with Crippen molar-refractivity contribution < 1.29 is 4.74 Å². The topological polar surface area (TPSA) is 21.3 Å². The van der Waals surface area contributed by atoms with Crippen molar-refractivity contribution in [1.29, 1.82) is 0 Å². The number of hydrogen-bond acceptors (Lipinski definition) is 2. The predicted octanol–water partition coefficient (Wildman–Crippen LogP) is 2.97. The van der Waals surface area contributed by atoms with Gasteiger partial charge in [-0.1, -0.05) is 13.8 Å². The molecule has 1 rings (SSSR count). The van der Waals surface area contributed by atoms with E-state index in [1.165, 1.54) is 45.1 Å². The van der Waals surface area contributed by atoms with Gasteiger partial charge in [-0.25, -0.2) is 0 Å². The van der Waals surface area contributed by atoms with Gasteiger partial charge in [0.25, 0.3) is 0 Å². The first kappa shape index (κ1) is 13.0. The quantitative estimate of drug-likeness (QED) is 0.656. The third kappa shape index (κ3) is 6.91. The minimum absolute atomic E-state index is 0.538. The summed E-state index contributed by atoms with van der Waals surface area (Å²) in [5.74, 6) is 0.841. The molecule has 0 aromatic carbocycles. The summed E-state index contributed by atoms with van der Waals surface area (Å²) in [6, 6.07) is 0. The Morgan fingerprint density at radius 2 is 2.13 bits per heavy atom. The van der Waals surface area contributed by atoms with Gasteiger partial charge < -0.3 is 10.1 Å². The molecule has 0 radical (unpaired) electrons. The van der Waals surface area contributed by atoms with Crippen molar-refractivity contribution in [2.24, 2.45) is 5.92 Å². The zero-order valence-electron chi connectivity index (χ0n) is 10.4. The third-order valence-corrected chi connectivity index (χ3v) is 3.05. The lowest BCUT2D eigenvalue weighted by atomic mass is 10.1. The second-order valence-corrected chi connectivity index (χ2v) is 5.06. The summed E-state index contributed by atoms with van der Waals surface area (Å²) in [6.07, 6.45) is 8.28. The first-order valence-corrected chi connectivity index (χ1v) is 6.61. The molecule has 0 spiro atoms. The maximum absolute atomic E-state index is 5.68. The SMILES string of the molecule is CC(C)CCCNCCC1CCCCO1. The van der Waals surface area contributed by atoms with Crippen molar-refractivity contribution in [3.05, 3.63) is 0 Å². The van der Waals surface area contributed by atoms with E-state index < -0.39 is 0 Å². The highest BCUT2D eigenvalue weighted by Gasteiger charge is 2.12. The molecule has 1 unspecified atom stereocenters. The van der Waals surface area contributed by atoms with E-state index in [9.17, 15) is 0 Å². The summed E-state index contributed by atoms with van der Waals surface area (Å²) in [5.41, 5.74) is 0. The van der Waals surface area contributed by atoms with E-state index in [2.05, 4.69) is 19.2 Å². The van der Waals surface area contributed by atoms with Crippen molar-refractivity contribution >= 4 is 0 Å². The molecule has 0 saturated carbocycles. The minimum Gasteiger partial charge on any atom is -0.378 e. The number of hydrogen-bond donors (Lipinski definition) is 1. The standard InChI is InChI=1S/C13H27NO/c1-12(2)6-5-9-14-10-8-13-7-3-4-11-15-13/h12-14H,3-11H2,1-2H3. The largest absolute Gasteiger partial charge is 0.378 e. The van der Waals surface area contributed by atoms with Gasteiger partial charge >= 0.3 is 0 Å². The fraction of sp³-hybridized carbons (Fsp3) is 1.00. The van der Waals surface area contributed by atoms with Crippen LogP contribution in [0, 0.1) is 5.92 Å². The van der Waals surface area contributed by atoms with Crippen molar-refractivity contribution in [3.8, 4) is 0 Å². The average molecular weight is 213 g/mol. The molecule has 0 aromatic heterocycles. The Morgan fingerprint density at radius 1 is 1.27 bits per heavy atom. The van der Waals surface area contributed by atoms with Crippen LogP contribution in [0.15, 0.2) is 0 Å². The number of nitrogens with one attached hydrogen (secondary N) is 1. The van der Waals surface area contributed by atoms with Gasteiger partial charge in [0.05, 0.1) is 6.10 Å². The van der Waals surface area contributed by atoms with E-state index >= 15 is 0 Å². The zero-order chi connectivity index (χ0) is 10.9. The maximum Gasteiger partial charge on any atom is 0.0587 e. The van der Waals surface area contributed by atoms with Gasteiger partial charge in [0.15, 0.2) is 0 Å². The lowest BCUT2D eigenvalue weighted by molar-refractivity contribution is 0.0116. The average Bonchev–Trinajstić information content (AvgIpc) is 2.24. The molecule has 1 N–H and O–H groups in total. The highest BCUT2D eigenvalue weighted by atomic mass is 16.5. The summed E-state index contributed by atoms with van der Waals surface area (Å²) in [4.78, 5) is 0. The van der Waals surface area contributed by atoms with Gasteiger partial charge in [-0.05, 0) is 57.5 Å². The minimum atomic E-state index is 0.538. The van der Waals surface area contributed by atoms with Gasteiger partial charge in [-0.2, -0.15) is 0 Å². The van der Waals surface area contributed by atoms with Gasteiger partial charge in [-0.15, -0.1) is 0 Å². The van der Waals surface area contributed by atoms with Gasteiger partial charge in [0.2, 0.25) is 0 Å². The van der Waals surface area contributed by atoms with Crippen LogP contribution in [-0.2, 0) is 4.74 Å². The Morgan fingerprint density at radius 3 is 2.80 bits per heavy atom. The lowest BCUT2D eigenvalue weighted by Gasteiger charge is -2.22. The smallest absolute Gasteiger partial charge is 0.0587 e. The van der Waals surface area contributed by atoms with E-state index in [0.29, 0.717) is 6.10 Å². The number of rotatable bonds is 7. The van der Waals surface area contributed by atoms with E-state index in [-0.39, 0.29) is 0 Å². The van der Waals surface area contributed by atoms with Crippen molar-refractivity contribution in [2.45, 2.75) is 58.5 Å². The predicted molar refractivity (Wildman–Crippen MR) is 65.1 cm³/mol. The zero-order valence-corrected chi connectivity index (χ0v) is 10.4. The van der Waals surface area contributed by atoms with Crippen LogP contribution < -0.4 is 5.32 Å². The highest BCUT2D eigenvalue weighted by molar-refractivity contribution is 4.65. The van der Waals surface area contributed by atoms with E-state index in [1.807, 2.05) is 0 Å². The molecular formula is C13H27NO. The molecular weight excluding hydrogens is 186 g/mol. The van der Waals surface area contributed by atoms with Crippen molar-refractivity contribution in [3.63, 3.8) is 0 Å². The lowest BCUT2D eigenvalue weighted by Crippen LogP contribution is -2.25. The van der Waals surface area contributed by atoms with Crippen molar-refractivity contribution in [2.75, 3.05) is 19.7 Å². The van der Waals surface area contributed by atoms with Crippen LogP contribution in [0.4, 0.5) is 0 Å². The Hall–Kier alpha value is -0.0800. The Labute approximate surface area is 94.8 Å². The summed E-state index contributed by atoms with van der Waals surface area (Å²) in [5, 5.41) is 3.51. The molecule has 0 bridgehead atoms. The molecule has 2 heteroatoms. The molecule has 0 aliphatic carbocycles. The van der Waals surface area contributed by atoms with Crippen LogP contribution in [0.3, 0.4) is 0 Å². The summed E-state index contributed by atoms with van der Waals surface area (Å²) >= 11 is 0. The molecule has 90 valence electrons. The van der Waals surface area contributed by atoms with Gasteiger partial charge in [0.1, 0.15) is 0 Å². The Kier molecular flexibility index (Phi) is 7.03. The fourth-order valence-electron chi connectivity index (χ4n) is 2.06. The highest BCUT2D eigenvalue weighted by Crippen LogP contribution is 2.14. The van der Waals surface area contributed by atoms with Crippen LogP contribution in [-0.4, -0.2) is 25.8 Å².